The van der Waals surface area contributed by atoms with E-state index in [-0.39, 0.29) is 12.4 Å². The molecular weight excluding hydrogens is 182 g/mol. The predicted octanol–water partition coefficient (Wildman–Crippen LogP) is 2.76. The summed E-state index contributed by atoms with van der Waals surface area (Å²) in [6, 6.07) is 7.34. The van der Waals surface area contributed by atoms with E-state index in [2.05, 4.69) is 37.4 Å². The highest BCUT2D eigenvalue weighted by Crippen LogP contribution is 2.25. The Hall–Kier alpha value is -0.530. The molecule has 72 valence electrons. The van der Waals surface area contributed by atoms with Crippen molar-refractivity contribution in [2.75, 3.05) is 6.54 Å². The largest absolute Gasteiger partial charge is 0.310 e. The third kappa shape index (κ3) is 2.04. The summed E-state index contributed by atoms with van der Waals surface area (Å²) in [5.74, 6) is 0. The second-order valence-corrected chi connectivity index (χ2v) is 3.66. The Morgan fingerprint density at radius 1 is 1.31 bits per heavy atom. The molecule has 1 atom stereocenters. The Bertz CT molecular complexity index is 292. The zero-order valence-electron chi connectivity index (χ0n) is 8.13. The van der Waals surface area contributed by atoms with Gasteiger partial charge in [0.1, 0.15) is 0 Å². The fourth-order valence-corrected chi connectivity index (χ4v) is 1.77. The third-order valence-corrected chi connectivity index (χ3v) is 2.62. The summed E-state index contributed by atoms with van der Waals surface area (Å²) in [4.78, 5) is 0. The minimum absolute atomic E-state index is 0. The number of benzene rings is 1. The van der Waals surface area contributed by atoms with Crippen molar-refractivity contribution in [3.8, 4) is 0 Å². The standard InChI is InChI=1S/C11H15N.ClH/c1-8-3-4-10(9(2)7-8)11-5-6-12-11;/h3-4,7,11-12H,5-6H2,1-2H3;1H/t11-;/m0./s1. The van der Waals surface area contributed by atoms with E-state index in [1.165, 1.54) is 29.7 Å². The molecule has 0 spiro atoms. The van der Waals surface area contributed by atoms with E-state index in [0.29, 0.717) is 6.04 Å². The van der Waals surface area contributed by atoms with E-state index in [1.54, 1.807) is 0 Å². The van der Waals surface area contributed by atoms with Gasteiger partial charge in [-0.25, -0.2) is 0 Å². The topological polar surface area (TPSA) is 12.0 Å². The summed E-state index contributed by atoms with van der Waals surface area (Å²) < 4.78 is 0. The lowest BCUT2D eigenvalue weighted by Crippen LogP contribution is -2.35. The average Bonchev–Trinajstić information content (AvgIpc) is 1.91. The third-order valence-electron chi connectivity index (χ3n) is 2.62. The summed E-state index contributed by atoms with van der Waals surface area (Å²) in [6.07, 6.45) is 1.30. The first-order chi connectivity index (χ1) is 5.77. The van der Waals surface area contributed by atoms with Crippen LogP contribution in [0.1, 0.15) is 29.2 Å². The first kappa shape index (κ1) is 10.6. The van der Waals surface area contributed by atoms with Gasteiger partial charge < -0.3 is 5.32 Å². The second-order valence-electron chi connectivity index (χ2n) is 3.66. The van der Waals surface area contributed by atoms with E-state index in [9.17, 15) is 0 Å². The van der Waals surface area contributed by atoms with Crippen molar-refractivity contribution in [3.05, 3.63) is 34.9 Å². The molecule has 0 saturated carbocycles. The molecular formula is C11H16ClN. The van der Waals surface area contributed by atoms with E-state index in [0.717, 1.165) is 0 Å². The Morgan fingerprint density at radius 2 is 2.00 bits per heavy atom. The van der Waals surface area contributed by atoms with Gasteiger partial charge in [-0.1, -0.05) is 23.8 Å². The van der Waals surface area contributed by atoms with Crippen LogP contribution in [-0.2, 0) is 0 Å². The van der Waals surface area contributed by atoms with Gasteiger partial charge in [0.05, 0.1) is 0 Å². The number of hydrogen-bond acceptors (Lipinski definition) is 1. The van der Waals surface area contributed by atoms with E-state index < -0.39 is 0 Å². The number of rotatable bonds is 1. The fraction of sp³-hybridized carbons (Fsp3) is 0.455. The number of nitrogens with one attached hydrogen (secondary N) is 1. The molecule has 1 nitrogen and oxygen atoms in total. The normalized spacial score (nSPS) is 20.3. The van der Waals surface area contributed by atoms with Crippen molar-refractivity contribution in [3.63, 3.8) is 0 Å². The highest BCUT2D eigenvalue weighted by molar-refractivity contribution is 5.85. The summed E-state index contributed by atoms with van der Waals surface area (Å²) in [5.41, 5.74) is 4.26. The first-order valence-electron chi connectivity index (χ1n) is 4.58. The van der Waals surface area contributed by atoms with Crippen LogP contribution >= 0.6 is 12.4 Å². The Morgan fingerprint density at radius 3 is 2.46 bits per heavy atom. The zero-order valence-corrected chi connectivity index (χ0v) is 8.95. The predicted molar refractivity (Wildman–Crippen MR) is 58.5 cm³/mol. The van der Waals surface area contributed by atoms with Crippen molar-refractivity contribution in [2.45, 2.75) is 26.3 Å². The van der Waals surface area contributed by atoms with Gasteiger partial charge in [0.2, 0.25) is 0 Å². The van der Waals surface area contributed by atoms with Crippen LogP contribution in [0, 0.1) is 13.8 Å². The number of hydrogen-bond donors (Lipinski definition) is 1. The highest BCUT2D eigenvalue weighted by Gasteiger charge is 2.19. The van der Waals surface area contributed by atoms with Crippen LogP contribution in [-0.4, -0.2) is 6.54 Å². The van der Waals surface area contributed by atoms with Gasteiger partial charge in [0.15, 0.2) is 0 Å². The molecule has 1 aliphatic heterocycles. The molecule has 13 heavy (non-hydrogen) atoms. The van der Waals surface area contributed by atoms with E-state index in [4.69, 9.17) is 0 Å². The SMILES string of the molecule is Cc1ccc([C@@H]2CCN2)c(C)c1.Cl. The molecule has 2 rings (SSSR count). The Labute approximate surface area is 86.0 Å². The quantitative estimate of drug-likeness (QED) is 0.730. The lowest BCUT2D eigenvalue weighted by Gasteiger charge is -2.29. The van der Waals surface area contributed by atoms with Crippen LogP contribution in [0.15, 0.2) is 18.2 Å². The van der Waals surface area contributed by atoms with Crippen molar-refractivity contribution >= 4 is 12.4 Å². The lowest BCUT2D eigenvalue weighted by atomic mass is 9.93. The minimum Gasteiger partial charge on any atom is -0.310 e. The summed E-state index contributed by atoms with van der Waals surface area (Å²) >= 11 is 0. The maximum Gasteiger partial charge on any atom is 0.0334 e. The lowest BCUT2D eigenvalue weighted by molar-refractivity contribution is 0.382. The van der Waals surface area contributed by atoms with Gasteiger partial charge >= 0.3 is 0 Å². The van der Waals surface area contributed by atoms with Gasteiger partial charge in [0, 0.05) is 6.04 Å². The monoisotopic (exact) mass is 197 g/mol. The first-order valence-corrected chi connectivity index (χ1v) is 4.58. The molecule has 1 saturated heterocycles. The summed E-state index contributed by atoms with van der Waals surface area (Å²) in [5, 5.41) is 3.42. The second kappa shape index (κ2) is 4.12. The van der Waals surface area contributed by atoms with Crippen LogP contribution in [0.3, 0.4) is 0 Å². The molecule has 0 amide bonds. The summed E-state index contributed by atoms with van der Waals surface area (Å²) in [6.45, 7) is 5.52. The maximum atomic E-state index is 3.42. The van der Waals surface area contributed by atoms with E-state index >= 15 is 0 Å². The fourth-order valence-electron chi connectivity index (χ4n) is 1.77. The molecule has 1 fully saturated rings. The van der Waals surface area contributed by atoms with Crippen LogP contribution in [0.4, 0.5) is 0 Å². The maximum absolute atomic E-state index is 3.42. The van der Waals surface area contributed by atoms with Gasteiger partial charge in [-0.2, -0.15) is 0 Å². The average molecular weight is 198 g/mol. The van der Waals surface area contributed by atoms with Crippen LogP contribution in [0.5, 0.6) is 0 Å². The van der Waals surface area contributed by atoms with Gasteiger partial charge in [-0.15, -0.1) is 12.4 Å². The van der Waals surface area contributed by atoms with Crippen LogP contribution in [0.25, 0.3) is 0 Å². The highest BCUT2D eigenvalue weighted by atomic mass is 35.5. The van der Waals surface area contributed by atoms with Crippen LogP contribution < -0.4 is 5.32 Å². The van der Waals surface area contributed by atoms with Crippen molar-refractivity contribution in [2.24, 2.45) is 0 Å². The van der Waals surface area contributed by atoms with Gasteiger partial charge in [-0.3, -0.25) is 0 Å². The Balaban J connectivity index is 0.000000845. The van der Waals surface area contributed by atoms with Crippen molar-refractivity contribution in [1.82, 2.24) is 5.32 Å². The van der Waals surface area contributed by atoms with Crippen molar-refractivity contribution < 1.29 is 0 Å². The molecule has 0 unspecified atom stereocenters. The molecule has 0 aliphatic carbocycles. The molecule has 1 aromatic rings. The molecule has 0 bridgehead atoms. The van der Waals surface area contributed by atoms with Crippen LogP contribution in [0.2, 0.25) is 0 Å². The van der Waals surface area contributed by atoms with Gasteiger partial charge in [0.25, 0.3) is 0 Å². The molecule has 1 heterocycles. The number of halogens is 1. The smallest absolute Gasteiger partial charge is 0.0334 e. The molecule has 0 radical (unpaired) electrons. The Kier molecular flexibility index (Phi) is 3.34. The minimum atomic E-state index is 0. The molecule has 1 N–H and O–H groups in total. The van der Waals surface area contributed by atoms with E-state index in [1.807, 2.05) is 0 Å². The number of aryl methyl sites for hydroxylation is 2. The molecule has 1 aliphatic rings. The zero-order chi connectivity index (χ0) is 8.55. The van der Waals surface area contributed by atoms with Gasteiger partial charge in [-0.05, 0) is 37.9 Å². The molecule has 2 heteroatoms. The van der Waals surface area contributed by atoms with Crippen molar-refractivity contribution in [1.29, 1.82) is 0 Å². The molecule has 0 aromatic heterocycles. The summed E-state index contributed by atoms with van der Waals surface area (Å²) in [7, 11) is 0. The molecule has 1 aromatic carbocycles.